The van der Waals surface area contributed by atoms with E-state index >= 15 is 0 Å². The number of pyridine rings is 1. The number of aromatic nitrogens is 1. The molecule has 1 aliphatic heterocycles. The van der Waals surface area contributed by atoms with Crippen LogP contribution >= 0.6 is 15.9 Å². The van der Waals surface area contributed by atoms with Gasteiger partial charge in [-0.2, -0.15) is 0 Å². The van der Waals surface area contributed by atoms with E-state index in [0.29, 0.717) is 5.69 Å². The summed E-state index contributed by atoms with van der Waals surface area (Å²) in [7, 11) is 0. The molecule has 1 amide bonds. The van der Waals surface area contributed by atoms with E-state index in [1.54, 1.807) is 12.3 Å². The number of hydrogen-bond donors (Lipinski definition) is 1. The quantitative estimate of drug-likeness (QED) is 0.900. The Hall–Kier alpha value is -1.88. The number of benzene rings is 1. The third-order valence-corrected chi connectivity index (χ3v) is 4.74. The van der Waals surface area contributed by atoms with Gasteiger partial charge in [0.25, 0.3) is 5.91 Å². The Balaban J connectivity index is 1.70. The average molecular weight is 360 g/mol. The van der Waals surface area contributed by atoms with Gasteiger partial charge in [-0.05, 0) is 49.6 Å². The van der Waals surface area contributed by atoms with Crippen molar-refractivity contribution >= 4 is 33.2 Å². The van der Waals surface area contributed by atoms with Crippen molar-refractivity contribution in [2.45, 2.75) is 19.8 Å². The minimum Gasteiger partial charge on any atom is -0.370 e. The first-order chi connectivity index (χ1) is 10.6. The van der Waals surface area contributed by atoms with Crippen molar-refractivity contribution in [1.29, 1.82) is 0 Å². The molecule has 1 fully saturated rings. The third-order valence-electron chi connectivity index (χ3n) is 3.88. The van der Waals surface area contributed by atoms with Gasteiger partial charge >= 0.3 is 0 Å². The average Bonchev–Trinajstić information content (AvgIpc) is 3.05. The summed E-state index contributed by atoms with van der Waals surface area (Å²) in [5.74, 6) is -0.191. The molecule has 2 aromatic rings. The van der Waals surface area contributed by atoms with Gasteiger partial charge in [0.2, 0.25) is 0 Å². The molecule has 0 unspecified atom stereocenters. The molecular weight excluding hydrogens is 342 g/mol. The number of hydrogen-bond acceptors (Lipinski definition) is 3. The topological polar surface area (TPSA) is 45.2 Å². The molecule has 1 saturated heterocycles. The van der Waals surface area contributed by atoms with E-state index in [0.717, 1.165) is 34.5 Å². The summed E-state index contributed by atoms with van der Waals surface area (Å²) in [6, 6.07) is 9.50. The fourth-order valence-corrected chi connectivity index (χ4v) is 2.93. The van der Waals surface area contributed by atoms with Crippen molar-refractivity contribution in [3.8, 4) is 0 Å². The third kappa shape index (κ3) is 3.30. The first-order valence-electron chi connectivity index (χ1n) is 7.42. The van der Waals surface area contributed by atoms with Crippen molar-refractivity contribution < 1.29 is 4.79 Å². The molecule has 4 nitrogen and oxygen atoms in total. The maximum absolute atomic E-state index is 12.2. The molecule has 1 N–H and O–H groups in total. The van der Waals surface area contributed by atoms with Gasteiger partial charge in [0.05, 0.1) is 11.9 Å². The van der Waals surface area contributed by atoms with Crippen LogP contribution in [0.25, 0.3) is 0 Å². The van der Waals surface area contributed by atoms with E-state index in [-0.39, 0.29) is 5.91 Å². The van der Waals surface area contributed by atoms with E-state index in [1.165, 1.54) is 12.8 Å². The number of carbonyl (C=O) groups excluding carboxylic acids is 1. The summed E-state index contributed by atoms with van der Waals surface area (Å²) >= 11 is 3.47. The largest absolute Gasteiger partial charge is 0.370 e. The van der Waals surface area contributed by atoms with Crippen molar-refractivity contribution in [3.05, 3.63) is 52.3 Å². The number of rotatable bonds is 3. The number of halogens is 1. The monoisotopic (exact) mass is 359 g/mol. The summed E-state index contributed by atoms with van der Waals surface area (Å²) in [6.45, 7) is 4.16. The molecule has 0 spiro atoms. The molecule has 1 aromatic heterocycles. The molecule has 0 aliphatic carbocycles. The molecule has 0 saturated carbocycles. The van der Waals surface area contributed by atoms with Crippen LogP contribution < -0.4 is 10.2 Å². The Kier molecular flexibility index (Phi) is 4.43. The summed E-state index contributed by atoms with van der Waals surface area (Å²) in [5, 5.41) is 2.87. The number of nitrogens with one attached hydrogen (secondary N) is 1. The predicted molar refractivity (Wildman–Crippen MR) is 92.5 cm³/mol. The van der Waals surface area contributed by atoms with E-state index in [9.17, 15) is 4.79 Å². The van der Waals surface area contributed by atoms with Gasteiger partial charge in [-0.25, -0.2) is 4.98 Å². The maximum Gasteiger partial charge on any atom is 0.274 e. The highest BCUT2D eigenvalue weighted by atomic mass is 79.9. The second-order valence-electron chi connectivity index (χ2n) is 5.51. The minimum atomic E-state index is -0.191. The van der Waals surface area contributed by atoms with Crippen molar-refractivity contribution in [3.63, 3.8) is 0 Å². The highest BCUT2D eigenvalue weighted by Gasteiger charge is 2.14. The number of aryl methyl sites for hydroxylation is 1. The Morgan fingerprint density at radius 3 is 2.64 bits per heavy atom. The van der Waals surface area contributed by atoms with Gasteiger partial charge in [0, 0.05) is 23.2 Å². The molecule has 22 heavy (non-hydrogen) atoms. The molecular formula is C17H18BrN3O. The highest BCUT2D eigenvalue weighted by molar-refractivity contribution is 9.10. The number of amides is 1. The lowest BCUT2D eigenvalue weighted by molar-refractivity contribution is 0.102. The van der Waals surface area contributed by atoms with Crippen LogP contribution in [0.5, 0.6) is 0 Å². The lowest BCUT2D eigenvalue weighted by Crippen LogP contribution is -2.19. The van der Waals surface area contributed by atoms with Crippen molar-refractivity contribution in [1.82, 2.24) is 4.98 Å². The van der Waals surface area contributed by atoms with Crippen LogP contribution in [0.15, 0.2) is 41.0 Å². The zero-order chi connectivity index (χ0) is 15.5. The van der Waals surface area contributed by atoms with Gasteiger partial charge < -0.3 is 10.2 Å². The minimum absolute atomic E-state index is 0.191. The lowest BCUT2D eigenvalue weighted by Gasteiger charge is -2.17. The van der Waals surface area contributed by atoms with Crippen molar-refractivity contribution in [2.75, 3.05) is 23.3 Å². The standard InChI is InChI=1S/C17H18BrN3O/c1-12-4-5-13(10-15(12)18)20-17(22)16-7-6-14(11-19-16)21-8-2-3-9-21/h4-7,10-11H,2-3,8-9H2,1H3,(H,20,22). The highest BCUT2D eigenvalue weighted by Crippen LogP contribution is 2.22. The summed E-state index contributed by atoms with van der Waals surface area (Å²) < 4.78 is 0.975. The fraction of sp³-hybridized carbons (Fsp3) is 0.294. The van der Waals surface area contributed by atoms with E-state index in [4.69, 9.17) is 0 Å². The molecule has 5 heteroatoms. The fourth-order valence-electron chi connectivity index (χ4n) is 2.55. The molecule has 0 atom stereocenters. The SMILES string of the molecule is Cc1ccc(NC(=O)c2ccc(N3CCCC3)cn2)cc1Br. The van der Waals surface area contributed by atoms with Gasteiger partial charge in [-0.1, -0.05) is 22.0 Å². The molecule has 114 valence electrons. The zero-order valence-electron chi connectivity index (χ0n) is 12.5. The van der Waals surface area contributed by atoms with Crippen LogP contribution in [0.4, 0.5) is 11.4 Å². The molecule has 1 aliphatic rings. The maximum atomic E-state index is 12.2. The lowest BCUT2D eigenvalue weighted by atomic mass is 10.2. The number of carbonyl (C=O) groups is 1. The van der Waals surface area contributed by atoms with Crippen LogP contribution in [0.3, 0.4) is 0 Å². The van der Waals surface area contributed by atoms with Gasteiger partial charge in [-0.3, -0.25) is 4.79 Å². The van der Waals surface area contributed by atoms with Crippen LogP contribution in [-0.4, -0.2) is 24.0 Å². The normalized spacial score (nSPS) is 14.2. The summed E-state index contributed by atoms with van der Waals surface area (Å²) in [6.07, 6.45) is 4.24. The van der Waals surface area contributed by atoms with Gasteiger partial charge in [0.15, 0.2) is 0 Å². The van der Waals surface area contributed by atoms with E-state index < -0.39 is 0 Å². The molecule has 1 aromatic carbocycles. The van der Waals surface area contributed by atoms with Gasteiger partial charge in [0.1, 0.15) is 5.69 Å². The molecule has 0 radical (unpaired) electrons. The number of anilines is 2. The van der Waals surface area contributed by atoms with E-state index in [2.05, 4.69) is 31.1 Å². The van der Waals surface area contributed by atoms with E-state index in [1.807, 2.05) is 31.2 Å². The van der Waals surface area contributed by atoms with Crippen LogP contribution in [0, 0.1) is 6.92 Å². The predicted octanol–water partition coefficient (Wildman–Crippen LogP) is 4.01. The molecule has 0 bridgehead atoms. The number of nitrogens with zero attached hydrogens (tertiary/aromatic N) is 2. The van der Waals surface area contributed by atoms with Crippen LogP contribution in [-0.2, 0) is 0 Å². The van der Waals surface area contributed by atoms with Crippen LogP contribution in [0.1, 0.15) is 28.9 Å². The Labute approximate surface area is 138 Å². The zero-order valence-corrected chi connectivity index (χ0v) is 14.1. The Morgan fingerprint density at radius 2 is 2.00 bits per heavy atom. The Bertz CT molecular complexity index is 679. The summed E-state index contributed by atoms with van der Waals surface area (Å²) in [4.78, 5) is 18.8. The molecule has 3 rings (SSSR count). The van der Waals surface area contributed by atoms with Crippen LogP contribution in [0.2, 0.25) is 0 Å². The van der Waals surface area contributed by atoms with Crippen molar-refractivity contribution in [2.24, 2.45) is 0 Å². The molecule has 2 heterocycles. The second-order valence-corrected chi connectivity index (χ2v) is 6.37. The first-order valence-corrected chi connectivity index (χ1v) is 8.21. The van der Waals surface area contributed by atoms with Gasteiger partial charge in [-0.15, -0.1) is 0 Å². The Morgan fingerprint density at radius 1 is 1.23 bits per heavy atom. The smallest absolute Gasteiger partial charge is 0.274 e. The second kappa shape index (κ2) is 6.48. The summed E-state index contributed by atoms with van der Waals surface area (Å²) in [5.41, 5.74) is 3.41. The first kappa shape index (κ1) is 15.0.